The molecule has 2 aromatic carbocycles. The number of hydrogen-bond acceptors (Lipinski definition) is 5. The van der Waals surface area contributed by atoms with Crippen molar-refractivity contribution in [2.24, 2.45) is 5.92 Å². The average Bonchev–Trinajstić information content (AvgIpc) is 3.48. The molecule has 1 amide bonds. The van der Waals surface area contributed by atoms with Gasteiger partial charge in [0.05, 0.1) is 41.2 Å². The van der Waals surface area contributed by atoms with Crippen LogP contribution in [0.1, 0.15) is 58.9 Å². The van der Waals surface area contributed by atoms with E-state index in [1.807, 2.05) is 56.3 Å². The molecule has 10 heteroatoms. The number of benzene rings is 2. The first kappa shape index (κ1) is 29.3. The second-order valence-electron chi connectivity index (χ2n) is 10.5. The lowest BCUT2D eigenvalue weighted by molar-refractivity contribution is -0.118. The first-order valence-corrected chi connectivity index (χ1v) is 14.4. The van der Waals surface area contributed by atoms with E-state index in [0.717, 1.165) is 34.0 Å². The lowest BCUT2D eigenvalue weighted by Gasteiger charge is -2.28. The first-order valence-electron chi connectivity index (χ1n) is 13.6. The molecule has 2 N–H and O–H groups in total. The van der Waals surface area contributed by atoms with Crippen LogP contribution in [-0.4, -0.2) is 33.6 Å². The van der Waals surface area contributed by atoms with Gasteiger partial charge in [0.15, 0.2) is 5.11 Å². The van der Waals surface area contributed by atoms with Crippen molar-refractivity contribution in [2.75, 3.05) is 17.3 Å². The van der Waals surface area contributed by atoms with E-state index in [0.29, 0.717) is 21.4 Å². The van der Waals surface area contributed by atoms with Crippen molar-refractivity contribution < 1.29 is 14.3 Å². The van der Waals surface area contributed by atoms with E-state index in [1.54, 1.807) is 24.4 Å². The number of methoxy groups -OCH3 is 1. The van der Waals surface area contributed by atoms with Gasteiger partial charge in [-0.25, -0.2) is 4.79 Å². The van der Waals surface area contributed by atoms with Gasteiger partial charge in [0.2, 0.25) is 5.91 Å². The number of ether oxygens (including phenoxy) is 1. The van der Waals surface area contributed by atoms with Crippen molar-refractivity contribution in [3.8, 4) is 5.69 Å². The Morgan fingerprint density at radius 3 is 2.38 bits per heavy atom. The lowest BCUT2D eigenvalue weighted by atomic mass is 9.96. The monoisotopic (exact) mass is 601 g/mol. The largest absolute Gasteiger partial charge is 0.465 e. The molecule has 0 spiro atoms. The Balaban J connectivity index is 1.59. The molecule has 2 aromatic heterocycles. The number of halogens is 1. The quantitative estimate of drug-likeness (QED) is 0.180. The van der Waals surface area contributed by atoms with Crippen molar-refractivity contribution in [3.63, 3.8) is 0 Å². The summed E-state index contributed by atoms with van der Waals surface area (Å²) in [6, 6.07) is 20.4. The Bertz CT molecular complexity index is 1650. The van der Waals surface area contributed by atoms with Crippen molar-refractivity contribution in [3.05, 3.63) is 106 Å². The van der Waals surface area contributed by atoms with Crippen molar-refractivity contribution in [1.82, 2.24) is 14.9 Å². The molecule has 42 heavy (non-hydrogen) atoms. The summed E-state index contributed by atoms with van der Waals surface area (Å²) in [5, 5.41) is 7.34. The molecule has 1 aliphatic rings. The number of thiocarbonyl (C=S) groups is 1. The summed E-state index contributed by atoms with van der Waals surface area (Å²) in [6.45, 7) is 7.79. The number of aromatic nitrogens is 2. The maximum absolute atomic E-state index is 12.3. The molecule has 8 nitrogen and oxygen atoms in total. The number of nitrogens with one attached hydrogen (secondary N) is 2. The zero-order valence-corrected chi connectivity index (χ0v) is 25.6. The number of hydrogen-bond donors (Lipinski definition) is 2. The van der Waals surface area contributed by atoms with E-state index in [2.05, 4.69) is 45.0 Å². The van der Waals surface area contributed by atoms with Crippen LogP contribution in [0.15, 0.2) is 72.9 Å². The topological polar surface area (TPSA) is 88.5 Å². The van der Waals surface area contributed by atoms with Gasteiger partial charge in [0, 0.05) is 34.9 Å². The Kier molecular flexibility index (Phi) is 8.34. The molecule has 2 atom stereocenters. The van der Waals surface area contributed by atoms with Gasteiger partial charge in [-0.15, -0.1) is 0 Å². The van der Waals surface area contributed by atoms with E-state index >= 15 is 0 Å². The summed E-state index contributed by atoms with van der Waals surface area (Å²) in [5.74, 6) is -0.661. The number of rotatable bonds is 7. The van der Waals surface area contributed by atoms with Crippen molar-refractivity contribution >= 4 is 52.2 Å². The maximum Gasteiger partial charge on any atom is 0.337 e. The third-order valence-corrected chi connectivity index (χ3v) is 8.07. The number of amides is 1. The highest BCUT2D eigenvalue weighted by molar-refractivity contribution is 7.80. The highest BCUT2D eigenvalue weighted by Gasteiger charge is 2.42. The van der Waals surface area contributed by atoms with Crippen LogP contribution in [0.25, 0.3) is 5.69 Å². The van der Waals surface area contributed by atoms with E-state index in [9.17, 15) is 9.59 Å². The zero-order chi connectivity index (χ0) is 30.1. The minimum atomic E-state index is -0.379. The fourth-order valence-electron chi connectivity index (χ4n) is 5.33. The van der Waals surface area contributed by atoms with Gasteiger partial charge in [-0.2, -0.15) is 0 Å². The van der Waals surface area contributed by atoms with Gasteiger partial charge in [-0.05, 0) is 92.3 Å². The molecule has 0 radical (unpaired) electrons. The van der Waals surface area contributed by atoms with Crippen LogP contribution in [0.4, 0.5) is 11.4 Å². The molecule has 0 unspecified atom stereocenters. The molecule has 5 rings (SSSR count). The summed E-state index contributed by atoms with van der Waals surface area (Å²) >= 11 is 12.6. The number of nitrogens with zero attached hydrogens (tertiary/aromatic N) is 3. The molecular weight excluding hydrogens is 570 g/mol. The molecule has 0 bridgehead atoms. The minimum Gasteiger partial charge on any atom is -0.465 e. The number of aryl methyl sites for hydroxylation is 1. The summed E-state index contributed by atoms with van der Waals surface area (Å²) in [4.78, 5) is 31.0. The van der Waals surface area contributed by atoms with Gasteiger partial charge in [0.25, 0.3) is 0 Å². The number of esters is 1. The predicted octanol–water partition coefficient (Wildman–Crippen LogP) is 6.70. The summed E-state index contributed by atoms with van der Waals surface area (Å²) in [6.07, 6.45) is 1.77. The molecule has 216 valence electrons. The van der Waals surface area contributed by atoms with Crippen LogP contribution in [-0.2, 0) is 9.53 Å². The van der Waals surface area contributed by atoms with Crippen LogP contribution in [0.5, 0.6) is 0 Å². The maximum atomic E-state index is 12.3. The number of anilines is 2. The minimum absolute atomic E-state index is 0.108. The van der Waals surface area contributed by atoms with Gasteiger partial charge >= 0.3 is 5.97 Å². The molecule has 4 aromatic rings. The van der Waals surface area contributed by atoms with Crippen LogP contribution < -0.4 is 15.5 Å². The normalized spacial score (nSPS) is 16.5. The van der Waals surface area contributed by atoms with Crippen LogP contribution in [0.3, 0.4) is 0 Å². The van der Waals surface area contributed by atoms with Gasteiger partial charge in [-0.1, -0.05) is 31.5 Å². The van der Waals surface area contributed by atoms with Crippen LogP contribution in [0.2, 0.25) is 5.02 Å². The fraction of sp³-hybridized carbons (Fsp3) is 0.250. The first-order chi connectivity index (χ1) is 20.1. The fourth-order valence-corrected chi connectivity index (χ4v) is 5.90. The number of carbonyl (C=O) groups is 2. The van der Waals surface area contributed by atoms with E-state index in [-0.39, 0.29) is 29.9 Å². The lowest BCUT2D eigenvalue weighted by Crippen LogP contribution is -2.29. The van der Waals surface area contributed by atoms with Gasteiger partial charge in [-0.3, -0.25) is 9.78 Å². The second-order valence-corrected chi connectivity index (χ2v) is 11.3. The smallest absolute Gasteiger partial charge is 0.337 e. The van der Waals surface area contributed by atoms with Crippen LogP contribution >= 0.6 is 23.8 Å². The van der Waals surface area contributed by atoms with E-state index < -0.39 is 0 Å². The Morgan fingerprint density at radius 1 is 1.05 bits per heavy atom. The molecule has 1 saturated heterocycles. The SMILES string of the molecule is COC(=O)c1ccc(-n2c(C)cc([C@@H]3[C@H](c4ccccn4)NC(=S)N3c3ccc(NC(=O)C(C)C)c(Cl)c3)c2C)cc1. The van der Waals surface area contributed by atoms with Crippen molar-refractivity contribution in [1.29, 1.82) is 0 Å². The highest BCUT2D eigenvalue weighted by Crippen LogP contribution is 2.44. The Hall–Kier alpha value is -4.21. The number of carbonyl (C=O) groups excluding carboxylic acids is 2. The number of pyridine rings is 1. The summed E-state index contributed by atoms with van der Waals surface area (Å²) in [7, 11) is 1.37. The van der Waals surface area contributed by atoms with E-state index in [1.165, 1.54) is 7.11 Å². The standard InChI is InChI=1S/C32H32ClN5O3S/c1-18(2)30(39)35-26-14-13-23(17-25(26)33)38-29(28(36-32(38)42)27-8-6-7-15-34-27)24-16-19(3)37(20(24)4)22-11-9-21(10-12-22)31(40)41-5/h6-18,28-29H,1-5H3,(H,35,39)(H,36,42)/t28-,29+/m0/s1. The zero-order valence-electron chi connectivity index (χ0n) is 24.0. The van der Waals surface area contributed by atoms with Crippen molar-refractivity contribution in [2.45, 2.75) is 39.8 Å². The molecule has 1 aliphatic heterocycles. The Morgan fingerprint density at radius 2 is 1.76 bits per heavy atom. The third kappa shape index (κ3) is 5.49. The molecule has 0 saturated carbocycles. The molecule has 0 aliphatic carbocycles. The molecule has 1 fully saturated rings. The Labute approximate surface area is 255 Å². The van der Waals surface area contributed by atoms with Crippen LogP contribution in [0, 0.1) is 19.8 Å². The molecule has 3 heterocycles. The summed E-state index contributed by atoms with van der Waals surface area (Å²) < 4.78 is 7.01. The third-order valence-electron chi connectivity index (χ3n) is 7.45. The van der Waals surface area contributed by atoms with E-state index in [4.69, 9.17) is 28.6 Å². The summed E-state index contributed by atoms with van der Waals surface area (Å²) in [5.41, 5.74) is 6.70. The predicted molar refractivity (Wildman–Crippen MR) is 169 cm³/mol. The highest BCUT2D eigenvalue weighted by atomic mass is 35.5. The average molecular weight is 602 g/mol. The molecular formula is C32H32ClN5O3S. The second kappa shape index (κ2) is 12.0. The van der Waals surface area contributed by atoms with Gasteiger partial charge < -0.3 is 24.8 Å². The van der Waals surface area contributed by atoms with Gasteiger partial charge in [0.1, 0.15) is 0 Å².